The number of nitrogens with zero attached hydrogens (tertiary/aromatic N) is 2. The lowest BCUT2D eigenvalue weighted by Gasteiger charge is -2.36. The smallest absolute Gasteiger partial charge is 0.161 e. The van der Waals surface area contributed by atoms with Crippen molar-refractivity contribution in [3.8, 4) is 11.5 Å². The van der Waals surface area contributed by atoms with Crippen molar-refractivity contribution < 1.29 is 9.47 Å². The van der Waals surface area contributed by atoms with Crippen LogP contribution in [0.15, 0.2) is 96.2 Å². The Morgan fingerprint density at radius 3 is 2.09 bits per heavy atom. The van der Waals surface area contributed by atoms with Crippen molar-refractivity contribution in [2.75, 3.05) is 18.4 Å². The molecular formula is C30H30N2O2. The van der Waals surface area contributed by atoms with Gasteiger partial charge < -0.3 is 19.3 Å². The molecule has 6 rings (SSSR count). The maximum absolute atomic E-state index is 6.03. The molecule has 172 valence electrons. The van der Waals surface area contributed by atoms with E-state index in [1.807, 2.05) is 18.2 Å². The van der Waals surface area contributed by atoms with E-state index >= 15 is 0 Å². The Hall–Kier alpha value is -3.66. The molecule has 3 aromatic rings. The molecule has 0 spiro atoms. The van der Waals surface area contributed by atoms with E-state index in [1.165, 1.54) is 33.6 Å². The Morgan fingerprint density at radius 1 is 0.765 bits per heavy atom. The lowest BCUT2D eigenvalue weighted by molar-refractivity contribution is 0.116. The lowest BCUT2D eigenvalue weighted by Crippen LogP contribution is -2.34. The molecule has 0 amide bonds. The molecule has 3 aromatic carbocycles. The third-order valence-corrected chi connectivity index (χ3v) is 7.07. The van der Waals surface area contributed by atoms with Crippen LogP contribution in [0.25, 0.3) is 0 Å². The Bertz CT molecular complexity index is 1240. The average Bonchev–Trinajstić information content (AvgIpc) is 2.90. The highest BCUT2D eigenvalue weighted by Gasteiger charge is 2.24. The summed E-state index contributed by atoms with van der Waals surface area (Å²) in [6.45, 7) is 5.32. The first-order valence-corrected chi connectivity index (χ1v) is 12.1. The van der Waals surface area contributed by atoms with E-state index in [1.54, 1.807) is 0 Å². The van der Waals surface area contributed by atoms with Gasteiger partial charge >= 0.3 is 0 Å². The second-order valence-corrected chi connectivity index (χ2v) is 9.49. The topological polar surface area (TPSA) is 24.9 Å². The van der Waals surface area contributed by atoms with Crippen molar-refractivity contribution >= 4 is 5.69 Å². The number of fused-ring (bicyclic) bond motifs is 2. The molecule has 2 heterocycles. The van der Waals surface area contributed by atoms with Gasteiger partial charge in [-0.2, -0.15) is 0 Å². The van der Waals surface area contributed by atoms with Crippen molar-refractivity contribution in [3.05, 3.63) is 113 Å². The molecule has 0 aromatic heterocycles. The van der Waals surface area contributed by atoms with E-state index in [9.17, 15) is 0 Å². The number of rotatable bonds is 4. The monoisotopic (exact) mass is 450 g/mol. The van der Waals surface area contributed by atoms with Gasteiger partial charge in [-0.05, 0) is 60.2 Å². The molecule has 1 atom stereocenters. The van der Waals surface area contributed by atoms with Crippen LogP contribution in [0, 0.1) is 5.92 Å². The highest BCUT2D eigenvalue weighted by atomic mass is 16.5. The molecule has 0 saturated carbocycles. The van der Waals surface area contributed by atoms with E-state index in [2.05, 4.69) is 83.5 Å². The van der Waals surface area contributed by atoms with Gasteiger partial charge in [0.05, 0.1) is 0 Å². The SMILES string of the molecule is CC1CC=C(Cc2ccc(N3COc4ccccc4C3)cc2)C=C1N1COc2ccccc2C1. The standard InChI is InChI=1S/C30H30N2O2/c1-22-10-11-24(17-28(22)32-19-26-7-3-5-9-30(26)34-21-32)16-23-12-14-27(15-13-23)31-18-25-6-2-4-8-29(25)33-20-31/h2-9,11-15,17,22H,10,16,18-21H2,1H3. The zero-order valence-corrected chi connectivity index (χ0v) is 19.6. The van der Waals surface area contributed by atoms with Crippen LogP contribution in [0.1, 0.15) is 30.0 Å². The summed E-state index contributed by atoms with van der Waals surface area (Å²) in [5.41, 5.74) is 7.80. The molecule has 0 radical (unpaired) electrons. The minimum atomic E-state index is 0.502. The fraction of sp³-hybridized carbons (Fsp3) is 0.267. The van der Waals surface area contributed by atoms with Crippen LogP contribution in [0.4, 0.5) is 5.69 Å². The highest BCUT2D eigenvalue weighted by Crippen LogP contribution is 2.34. The molecule has 1 aliphatic carbocycles. The molecule has 3 aliphatic rings. The molecule has 0 fully saturated rings. The van der Waals surface area contributed by atoms with Gasteiger partial charge in [0.1, 0.15) is 11.5 Å². The van der Waals surface area contributed by atoms with Crippen molar-refractivity contribution in [2.45, 2.75) is 32.9 Å². The Labute approximate surface area is 201 Å². The van der Waals surface area contributed by atoms with Crippen LogP contribution in [-0.4, -0.2) is 18.4 Å². The molecule has 34 heavy (non-hydrogen) atoms. The summed E-state index contributed by atoms with van der Waals surface area (Å²) in [5.74, 6) is 2.52. The number of ether oxygens (including phenoxy) is 2. The first-order chi connectivity index (χ1) is 16.7. The Balaban J connectivity index is 1.14. The zero-order valence-electron chi connectivity index (χ0n) is 19.6. The predicted molar refractivity (Wildman–Crippen MR) is 136 cm³/mol. The quantitative estimate of drug-likeness (QED) is 0.467. The Morgan fingerprint density at radius 2 is 1.38 bits per heavy atom. The molecule has 4 nitrogen and oxygen atoms in total. The van der Waals surface area contributed by atoms with Crippen molar-refractivity contribution in [1.82, 2.24) is 4.90 Å². The van der Waals surface area contributed by atoms with Gasteiger partial charge in [0.15, 0.2) is 13.5 Å². The predicted octanol–water partition coefficient (Wildman–Crippen LogP) is 6.29. The molecule has 0 bridgehead atoms. The minimum Gasteiger partial charge on any atom is -0.473 e. The van der Waals surface area contributed by atoms with Crippen LogP contribution in [-0.2, 0) is 19.5 Å². The summed E-state index contributed by atoms with van der Waals surface area (Å²) < 4.78 is 12.0. The zero-order chi connectivity index (χ0) is 22.9. The summed E-state index contributed by atoms with van der Waals surface area (Å²) in [5, 5.41) is 0. The molecule has 1 unspecified atom stereocenters. The molecule has 0 N–H and O–H groups in total. The van der Waals surface area contributed by atoms with Crippen molar-refractivity contribution in [3.63, 3.8) is 0 Å². The summed E-state index contributed by atoms with van der Waals surface area (Å²) in [7, 11) is 0. The first-order valence-electron chi connectivity index (χ1n) is 12.1. The largest absolute Gasteiger partial charge is 0.473 e. The molecule has 2 aliphatic heterocycles. The fourth-order valence-electron chi connectivity index (χ4n) is 5.11. The van der Waals surface area contributed by atoms with Gasteiger partial charge in [0, 0.05) is 35.6 Å². The van der Waals surface area contributed by atoms with Gasteiger partial charge in [0.2, 0.25) is 0 Å². The second-order valence-electron chi connectivity index (χ2n) is 9.49. The van der Waals surface area contributed by atoms with Crippen LogP contribution < -0.4 is 14.4 Å². The average molecular weight is 451 g/mol. The second kappa shape index (κ2) is 8.94. The number of benzene rings is 3. The maximum atomic E-state index is 6.03. The van der Waals surface area contributed by atoms with Crippen LogP contribution in [0.5, 0.6) is 11.5 Å². The fourth-order valence-corrected chi connectivity index (χ4v) is 5.11. The van der Waals surface area contributed by atoms with E-state index < -0.39 is 0 Å². The minimum absolute atomic E-state index is 0.502. The van der Waals surface area contributed by atoms with E-state index in [-0.39, 0.29) is 0 Å². The third-order valence-electron chi connectivity index (χ3n) is 7.07. The van der Waals surface area contributed by atoms with Gasteiger partial charge in [-0.25, -0.2) is 0 Å². The first kappa shape index (κ1) is 20.9. The normalized spacial score (nSPS) is 19.3. The number of anilines is 1. The van der Waals surface area contributed by atoms with Crippen LogP contribution in [0.2, 0.25) is 0 Å². The van der Waals surface area contributed by atoms with Gasteiger partial charge in [0.25, 0.3) is 0 Å². The summed E-state index contributed by atoms with van der Waals surface area (Å²) >= 11 is 0. The van der Waals surface area contributed by atoms with Crippen LogP contribution in [0.3, 0.4) is 0 Å². The van der Waals surface area contributed by atoms with Gasteiger partial charge in [-0.15, -0.1) is 0 Å². The maximum Gasteiger partial charge on any atom is 0.161 e. The number of hydrogen-bond donors (Lipinski definition) is 0. The van der Waals surface area contributed by atoms with Gasteiger partial charge in [-0.3, -0.25) is 0 Å². The summed E-state index contributed by atoms with van der Waals surface area (Å²) in [6.07, 6.45) is 6.80. The lowest BCUT2D eigenvalue weighted by atomic mass is 9.90. The van der Waals surface area contributed by atoms with Gasteiger partial charge in [-0.1, -0.05) is 61.5 Å². The summed E-state index contributed by atoms with van der Waals surface area (Å²) in [4.78, 5) is 4.66. The van der Waals surface area contributed by atoms with Crippen molar-refractivity contribution in [1.29, 1.82) is 0 Å². The van der Waals surface area contributed by atoms with E-state index in [0.29, 0.717) is 19.4 Å². The molecule has 4 heteroatoms. The summed E-state index contributed by atoms with van der Waals surface area (Å²) in [6, 6.07) is 25.6. The third kappa shape index (κ3) is 4.16. The number of allylic oxidation sites excluding steroid dienone is 4. The number of para-hydroxylation sites is 2. The van der Waals surface area contributed by atoms with E-state index in [4.69, 9.17) is 9.47 Å². The van der Waals surface area contributed by atoms with E-state index in [0.717, 1.165) is 37.4 Å². The Kier molecular flexibility index (Phi) is 5.50. The molecule has 0 saturated heterocycles. The van der Waals surface area contributed by atoms with Crippen molar-refractivity contribution in [2.24, 2.45) is 5.92 Å². The number of hydrogen-bond acceptors (Lipinski definition) is 4. The molecular weight excluding hydrogens is 420 g/mol. The van der Waals surface area contributed by atoms with Crippen LogP contribution >= 0.6 is 0 Å². The highest BCUT2D eigenvalue weighted by molar-refractivity contribution is 5.51.